The molecule has 82 valence electrons. The first-order valence-electron chi connectivity index (χ1n) is 4.63. The standard InChI is InChI=1S/C8H11N3O3S/c12-7(10-1-3-14-4-2-10)5-11-8(13)15-6-9-11/h6H,1-5H2. The van der Waals surface area contributed by atoms with Crippen LogP contribution in [0, 0.1) is 0 Å². The van der Waals surface area contributed by atoms with E-state index in [4.69, 9.17) is 4.74 Å². The summed E-state index contributed by atoms with van der Waals surface area (Å²) in [5.74, 6) is -0.0775. The summed E-state index contributed by atoms with van der Waals surface area (Å²) in [6.45, 7) is 2.35. The predicted octanol–water partition coefficient (Wildman–Crippen LogP) is -0.836. The van der Waals surface area contributed by atoms with Crippen LogP contribution in [0.4, 0.5) is 0 Å². The molecule has 1 amide bonds. The molecule has 0 unspecified atom stereocenters. The average Bonchev–Trinajstić information content (AvgIpc) is 2.66. The van der Waals surface area contributed by atoms with Crippen LogP contribution in [0.25, 0.3) is 0 Å². The number of rotatable bonds is 2. The van der Waals surface area contributed by atoms with Crippen LogP contribution in [-0.4, -0.2) is 46.9 Å². The molecule has 0 atom stereocenters. The number of carbonyl (C=O) groups excluding carboxylic acids is 1. The number of nitrogens with zero attached hydrogens (tertiary/aromatic N) is 3. The van der Waals surface area contributed by atoms with Crippen LogP contribution in [0.1, 0.15) is 0 Å². The second-order valence-electron chi connectivity index (χ2n) is 3.16. The van der Waals surface area contributed by atoms with Crippen LogP contribution in [0.5, 0.6) is 0 Å². The average molecular weight is 229 g/mol. The molecule has 1 aromatic heterocycles. The molecule has 1 aliphatic rings. The maximum atomic E-state index is 11.7. The van der Waals surface area contributed by atoms with Crippen LogP contribution in [0.15, 0.2) is 10.3 Å². The third kappa shape index (κ3) is 2.42. The molecular formula is C8H11N3O3S. The van der Waals surface area contributed by atoms with Crippen molar-refractivity contribution in [2.75, 3.05) is 26.3 Å². The first-order valence-corrected chi connectivity index (χ1v) is 5.51. The van der Waals surface area contributed by atoms with Gasteiger partial charge in [-0.2, -0.15) is 5.10 Å². The van der Waals surface area contributed by atoms with Crippen molar-refractivity contribution in [3.05, 3.63) is 15.2 Å². The van der Waals surface area contributed by atoms with Gasteiger partial charge in [-0.05, 0) is 0 Å². The molecule has 2 rings (SSSR count). The summed E-state index contributed by atoms with van der Waals surface area (Å²) in [6.07, 6.45) is 0. The van der Waals surface area contributed by atoms with E-state index in [1.165, 1.54) is 10.2 Å². The van der Waals surface area contributed by atoms with Gasteiger partial charge >= 0.3 is 4.87 Å². The first kappa shape index (κ1) is 10.3. The molecule has 6 nitrogen and oxygen atoms in total. The molecule has 1 aliphatic heterocycles. The highest BCUT2D eigenvalue weighted by Gasteiger charge is 2.17. The zero-order chi connectivity index (χ0) is 10.7. The van der Waals surface area contributed by atoms with Gasteiger partial charge < -0.3 is 9.64 Å². The van der Waals surface area contributed by atoms with Gasteiger partial charge in [-0.15, -0.1) is 0 Å². The monoisotopic (exact) mass is 229 g/mol. The molecule has 7 heteroatoms. The Morgan fingerprint density at radius 2 is 2.27 bits per heavy atom. The van der Waals surface area contributed by atoms with Crippen molar-refractivity contribution in [1.82, 2.24) is 14.7 Å². The van der Waals surface area contributed by atoms with E-state index in [2.05, 4.69) is 5.10 Å². The number of ether oxygens (including phenoxy) is 1. The smallest absolute Gasteiger partial charge is 0.325 e. The van der Waals surface area contributed by atoms with E-state index in [-0.39, 0.29) is 17.3 Å². The van der Waals surface area contributed by atoms with Crippen molar-refractivity contribution >= 4 is 17.2 Å². The lowest BCUT2D eigenvalue weighted by molar-refractivity contribution is -0.136. The van der Waals surface area contributed by atoms with Crippen molar-refractivity contribution in [3.8, 4) is 0 Å². The second-order valence-corrected chi connectivity index (χ2v) is 3.95. The van der Waals surface area contributed by atoms with Gasteiger partial charge in [0.2, 0.25) is 5.91 Å². The molecule has 0 spiro atoms. The largest absolute Gasteiger partial charge is 0.378 e. The van der Waals surface area contributed by atoms with Crippen molar-refractivity contribution < 1.29 is 9.53 Å². The number of aromatic nitrogens is 2. The molecule has 0 N–H and O–H groups in total. The summed E-state index contributed by atoms with van der Waals surface area (Å²) in [4.78, 5) is 24.3. The lowest BCUT2D eigenvalue weighted by atomic mass is 10.4. The minimum absolute atomic E-state index is 0.0301. The van der Waals surface area contributed by atoms with Gasteiger partial charge in [0.15, 0.2) is 0 Å². The van der Waals surface area contributed by atoms with Crippen LogP contribution in [0.3, 0.4) is 0 Å². The SMILES string of the molecule is O=C(Cn1ncsc1=O)N1CCOCC1. The highest BCUT2D eigenvalue weighted by atomic mass is 32.1. The van der Waals surface area contributed by atoms with E-state index in [9.17, 15) is 9.59 Å². The third-order valence-corrected chi connectivity index (χ3v) is 2.81. The van der Waals surface area contributed by atoms with Crippen molar-refractivity contribution in [2.45, 2.75) is 6.54 Å². The number of hydrogen-bond acceptors (Lipinski definition) is 5. The zero-order valence-electron chi connectivity index (χ0n) is 8.09. The van der Waals surface area contributed by atoms with E-state index in [0.29, 0.717) is 26.3 Å². The van der Waals surface area contributed by atoms with E-state index >= 15 is 0 Å². The van der Waals surface area contributed by atoms with Crippen molar-refractivity contribution in [3.63, 3.8) is 0 Å². The van der Waals surface area contributed by atoms with Gasteiger partial charge in [0, 0.05) is 13.1 Å². The summed E-state index contributed by atoms with van der Waals surface area (Å²) in [5.41, 5.74) is 1.44. The van der Waals surface area contributed by atoms with E-state index in [0.717, 1.165) is 11.3 Å². The minimum Gasteiger partial charge on any atom is -0.378 e. The van der Waals surface area contributed by atoms with Crippen LogP contribution in [0.2, 0.25) is 0 Å². The van der Waals surface area contributed by atoms with Gasteiger partial charge in [0.1, 0.15) is 12.1 Å². The Labute approximate surface area is 90.1 Å². The summed E-state index contributed by atoms with van der Waals surface area (Å²) in [6, 6.07) is 0. The minimum atomic E-state index is -0.198. The Kier molecular flexibility index (Phi) is 3.12. The Balaban J connectivity index is 1.97. The van der Waals surface area contributed by atoms with Crippen molar-refractivity contribution in [2.24, 2.45) is 0 Å². The van der Waals surface area contributed by atoms with Crippen LogP contribution < -0.4 is 4.87 Å². The Bertz CT molecular complexity index is 394. The Hall–Kier alpha value is -1.21. The lowest BCUT2D eigenvalue weighted by Gasteiger charge is -2.26. The Morgan fingerprint density at radius 3 is 2.87 bits per heavy atom. The fourth-order valence-electron chi connectivity index (χ4n) is 1.38. The molecule has 1 aromatic rings. The fourth-order valence-corrected chi connectivity index (χ4v) is 1.86. The molecular weight excluding hydrogens is 218 g/mol. The molecule has 15 heavy (non-hydrogen) atoms. The van der Waals surface area contributed by atoms with Crippen LogP contribution >= 0.6 is 11.3 Å². The van der Waals surface area contributed by atoms with Gasteiger partial charge in [0.25, 0.3) is 0 Å². The summed E-state index contributed by atoms with van der Waals surface area (Å²) >= 11 is 0.994. The quantitative estimate of drug-likeness (QED) is 0.663. The summed E-state index contributed by atoms with van der Waals surface area (Å²) in [7, 11) is 0. The van der Waals surface area contributed by atoms with Gasteiger partial charge in [-0.1, -0.05) is 11.3 Å². The van der Waals surface area contributed by atoms with Crippen LogP contribution in [-0.2, 0) is 16.1 Å². The molecule has 0 bridgehead atoms. The molecule has 1 saturated heterocycles. The van der Waals surface area contributed by atoms with E-state index in [1.54, 1.807) is 4.90 Å². The normalized spacial score (nSPS) is 16.7. The maximum Gasteiger partial charge on any atom is 0.325 e. The molecule has 0 aliphatic carbocycles. The highest BCUT2D eigenvalue weighted by Crippen LogP contribution is 1.98. The second kappa shape index (κ2) is 4.54. The van der Waals surface area contributed by atoms with E-state index < -0.39 is 0 Å². The Morgan fingerprint density at radius 1 is 1.53 bits per heavy atom. The van der Waals surface area contributed by atoms with Crippen molar-refractivity contribution in [1.29, 1.82) is 0 Å². The number of amides is 1. The number of morpholine rings is 1. The molecule has 2 heterocycles. The predicted molar refractivity (Wildman–Crippen MR) is 53.8 cm³/mol. The fraction of sp³-hybridized carbons (Fsp3) is 0.625. The number of carbonyl (C=O) groups is 1. The van der Waals surface area contributed by atoms with Gasteiger partial charge in [-0.25, -0.2) is 4.68 Å². The van der Waals surface area contributed by atoms with Gasteiger partial charge in [-0.3, -0.25) is 9.59 Å². The molecule has 1 fully saturated rings. The van der Waals surface area contributed by atoms with Gasteiger partial charge in [0.05, 0.1) is 13.2 Å². The first-order chi connectivity index (χ1) is 7.27. The summed E-state index contributed by atoms with van der Waals surface area (Å²) < 4.78 is 6.32. The highest BCUT2D eigenvalue weighted by molar-refractivity contribution is 7.06. The molecule has 0 saturated carbocycles. The maximum absolute atomic E-state index is 11.7. The topological polar surface area (TPSA) is 64.4 Å². The number of hydrogen-bond donors (Lipinski definition) is 0. The van der Waals surface area contributed by atoms with E-state index in [1.807, 2.05) is 0 Å². The molecule has 0 aromatic carbocycles. The zero-order valence-corrected chi connectivity index (χ0v) is 8.90. The third-order valence-electron chi connectivity index (χ3n) is 2.20. The lowest BCUT2D eigenvalue weighted by Crippen LogP contribution is -2.43. The summed E-state index contributed by atoms with van der Waals surface area (Å²) in [5, 5.41) is 3.79. The molecule has 0 radical (unpaired) electrons.